The van der Waals surface area contributed by atoms with Gasteiger partial charge in [-0.3, -0.25) is 9.78 Å². The van der Waals surface area contributed by atoms with E-state index in [4.69, 9.17) is 5.11 Å². The van der Waals surface area contributed by atoms with Crippen molar-refractivity contribution >= 4 is 5.91 Å². The Morgan fingerprint density at radius 1 is 1.17 bits per heavy atom. The zero-order chi connectivity index (χ0) is 12.8. The van der Waals surface area contributed by atoms with Gasteiger partial charge in [-0.1, -0.05) is 18.2 Å². The topological polar surface area (TPSA) is 62.2 Å². The van der Waals surface area contributed by atoms with Crippen LogP contribution in [0.4, 0.5) is 0 Å². The predicted molar refractivity (Wildman–Crippen MR) is 67.9 cm³/mol. The average molecular weight is 242 g/mol. The summed E-state index contributed by atoms with van der Waals surface area (Å²) >= 11 is 0. The molecule has 0 aliphatic heterocycles. The molecule has 2 N–H and O–H groups in total. The SMILES string of the molecule is O=C(Cc1cccnc1)NCc1ccc(O)cc1. The Morgan fingerprint density at radius 3 is 2.61 bits per heavy atom. The Kier molecular flexibility index (Phi) is 3.91. The van der Waals surface area contributed by atoms with Crippen LogP contribution in [0.25, 0.3) is 0 Å². The third-order valence-corrected chi connectivity index (χ3v) is 2.51. The fourth-order valence-corrected chi connectivity index (χ4v) is 1.57. The summed E-state index contributed by atoms with van der Waals surface area (Å²) in [4.78, 5) is 15.6. The molecule has 0 radical (unpaired) electrons. The summed E-state index contributed by atoms with van der Waals surface area (Å²) in [6, 6.07) is 10.4. The number of aromatic nitrogens is 1. The molecule has 0 saturated heterocycles. The minimum atomic E-state index is -0.0453. The molecule has 0 atom stereocenters. The van der Waals surface area contributed by atoms with E-state index in [1.807, 2.05) is 12.1 Å². The highest BCUT2D eigenvalue weighted by Gasteiger charge is 2.03. The van der Waals surface area contributed by atoms with Crippen molar-refractivity contribution in [2.75, 3.05) is 0 Å². The van der Waals surface area contributed by atoms with Crippen LogP contribution in [0, 0.1) is 0 Å². The number of phenols is 1. The molecule has 0 aliphatic rings. The fraction of sp³-hybridized carbons (Fsp3) is 0.143. The zero-order valence-electron chi connectivity index (χ0n) is 9.84. The zero-order valence-corrected chi connectivity index (χ0v) is 9.84. The number of nitrogens with one attached hydrogen (secondary N) is 1. The molecule has 0 unspecified atom stereocenters. The molecule has 4 nitrogen and oxygen atoms in total. The molecule has 92 valence electrons. The number of rotatable bonds is 4. The Morgan fingerprint density at radius 2 is 1.94 bits per heavy atom. The maximum absolute atomic E-state index is 11.7. The first-order valence-corrected chi connectivity index (χ1v) is 5.67. The van der Waals surface area contributed by atoms with E-state index in [1.165, 1.54) is 0 Å². The van der Waals surface area contributed by atoms with Crippen LogP contribution in [0.15, 0.2) is 48.8 Å². The van der Waals surface area contributed by atoms with Crippen molar-refractivity contribution in [3.63, 3.8) is 0 Å². The monoisotopic (exact) mass is 242 g/mol. The second-order valence-electron chi connectivity index (χ2n) is 3.98. The minimum absolute atomic E-state index is 0.0453. The molecule has 0 fully saturated rings. The van der Waals surface area contributed by atoms with Gasteiger partial charge < -0.3 is 10.4 Å². The van der Waals surface area contributed by atoms with Crippen LogP contribution in [0.2, 0.25) is 0 Å². The summed E-state index contributed by atoms with van der Waals surface area (Å²) in [5.74, 6) is 0.177. The molecule has 0 aliphatic carbocycles. The van der Waals surface area contributed by atoms with Crippen LogP contribution in [0.5, 0.6) is 5.75 Å². The number of hydrogen-bond donors (Lipinski definition) is 2. The largest absolute Gasteiger partial charge is 0.508 e. The smallest absolute Gasteiger partial charge is 0.224 e. The number of benzene rings is 1. The van der Waals surface area contributed by atoms with Gasteiger partial charge in [0.05, 0.1) is 6.42 Å². The molecule has 0 bridgehead atoms. The first-order valence-electron chi connectivity index (χ1n) is 5.67. The van der Waals surface area contributed by atoms with Crippen molar-refractivity contribution in [2.24, 2.45) is 0 Å². The van der Waals surface area contributed by atoms with Crippen molar-refractivity contribution in [3.8, 4) is 5.75 Å². The standard InChI is InChI=1S/C14H14N2O2/c17-13-5-3-11(4-6-13)10-16-14(18)8-12-2-1-7-15-9-12/h1-7,9,17H,8,10H2,(H,16,18). The average Bonchev–Trinajstić information content (AvgIpc) is 2.39. The lowest BCUT2D eigenvalue weighted by Gasteiger charge is -2.05. The predicted octanol–water partition coefficient (Wildman–Crippen LogP) is 1.65. The van der Waals surface area contributed by atoms with Crippen molar-refractivity contribution in [2.45, 2.75) is 13.0 Å². The number of hydrogen-bond acceptors (Lipinski definition) is 3. The van der Waals surface area contributed by atoms with Crippen LogP contribution >= 0.6 is 0 Å². The van der Waals surface area contributed by atoms with E-state index < -0.39 is 0 Å². The molecule has 18 heavy (non-hydrogen) atoms. The van der Waals surface area contributed by atoms with E-state index in [2.05, 4.69) is 10.3 Å². The number of pyridine rings is 1. The lowest BCUT2D eigenvalue weighted by Crippen LogP contribution is -2.24. The molecule has 0 saturated carbocycles. The third kappa shape index (κ3) is 3.59. The van der Waals surface area contributed by atoms with Gasteiger partial charge in [0.25, 0.3) is 0 Å². The lowest BCUT2D eigenvalue weighted by molar-refractivity contribution is -0.120. The maximum atomic E-state index is 11.7. The molecule has 1 aromatic carbocycles. The van der Waals surface area contributed by atoms with E-state index >= 15 is 0 Å². The van der Waals surface area contributed by atoms with Gasteiger partial charge in [-0.15, -0.1) is 0 Å². The van der Waals surface area contributed by atoms with Crippen LogP contribution < -0.4 is 5.32 Å². The molecular weight excluding hydrogens is 228 g/mol. The number of carbonyl (C=O) groups is 1. The maximum Gasteiger partial charge on any atom is 0.224 e. The Hall–Kier alpha value is -2.36. The summed E-state index contributed by atoms with van der Waals surface area (Å²) in [7, 11) is 0. The number of aromatic hydroxyl groups is 1. The molecule has 1 heterocycles. The van der Waals surface area contributed by atoms with Gasteiger partial charge in [0.2, 0.25) is 5.91 Å². The number of phenolic OH excluding ortho intramolecular Hbond substituents is 1. The summed E-state index contributed by atoms with van der Waals surface area (Å²) in [6.07, 6.45) is 3.68. The first-order chi connectivity index (χ1) is 8.74. The summed E-state index contributed by atoms with van der Waals surface area (Å²) < 4.78 is 0. The van der Waals surface area contributed by atoms with E-state index in [0.29, 0.717) is 13.0 Å². The summed E-state index contributed by atoms with van der Waals surface area (Å²) in [5.41, 5.74) is 1.84. The summed E-state index contributed by atoms with van der Waals surface area (Å²) in [5, 5.41) is 12.0. The third-order valence-electron chi connectivity index (χ3n) is 2.51. The van der Waals surface area contributed by atoms with Gasteiger partial charge in [0.15, 0.2) is 0 Å². The Bertz CT molecular complexity index is 509. The van der Waals surface area contributed by atoms with E-state index in [1.54, 1.807) is 36.7 Å². The molecule has 2 aromatic rings. The number of nitrogens with zero attached hydrogens (tertiary/aromatic N) is 1. The fourth-order valence-electron chi connectivity index (χ4n) is 1.57. The Balaban J connectivity index is 1.83. The van der Waals surface area contributed by atoms with Crippen LogP contribution in [-0.4, -0.2) is 16.0 Å². The van der Waals surface area contributed by atoms with Gasteiger partial charge in [0, 0.05) is 18.9 Å². The Labute approximate surface area is 105 Å². The molecule has 2 rings (SSSR count). The number of amides is 1. The highest BCUT2D eigenvalue weighted by molar-refractivity contribution is 5.78. The van der Waals surface area contributed by atoms with Crippen LogP contribution in [0.3, 0.4) is 0 Å². The van der Waals surface area contributed by atoms with Gasteiger partial charge in [0.1, 0.15) is 5.75 Å². The normalized spacial score (nSPS) is 10.0. The van der Waals surface area contributed by atoms with Crippen LogP contribution in [0.1, 0.15) is 11.1 Å². The molecular formula is C14H14N2O2. The highest BCUT2D eigenvalue weighted by atomic mass is 16.3. The van der Waals surface area contributed by atoms with Crippen molar-refractivity contribution < 1.29 is 9.90 Å². The summed E-state index contributed by atoms with van der Waals surface area (Å²) in [6.45, 7) is 0.458. The van der Waals surface area contributed by atoms with Gasteiger partial charge in [-0.2, -0.15) is 0 Å². The van der Waals surface area contributed by atoms with E-state index in [0.717, 1.165) is 11.1 Å². The molecule has 1 aromatic heterocycles. The van der Waals surface area contributed by atoms with Crippen LogP contribution in [-0.2, 0) is 17.8 Å². The second kappa shape index (κ2) is 5.82. The molecule has 0 spiro atoms. The van der Waals surface area contributed by atoms with Gasteiger partial charge in [-0.05, 0) is 29.3 Å². The molecule has 1 amide bonds. The quantitative estimate of drug-likeness (QED) is 0.856. The highest BCUT2D eigenvalue weighted by Crippen LogP contribution is 2.09. The van der Waals surface area contributed by atoms with Crippen molar-refractivity contribution in [1.82, 2.24) is 10.3 Å². The van der Waals surface area contributed by atoms with Crippen molar-refractivity contribution in [3.05, 3.63) is 59.9 Å². The van der Waals surface area contributed by atoms with E-state index in [9.17, 15) is 4.79 Å². The van der Waals surface area contributed by atoms with E-state index in [-0.39, 0.29) is 11.7 Å². The molecule has 4 heteroatoms. The van der Waals surface area contributed by atoms with Gasteiger partial charge >= 0.3 is 0 Å². The second-order valence-corrected chi connectivity index (χ2v) is 3.98. The van der Waals surface area contributed by atoms with Gasteiger partial charge in [-0.25, -0.2) is 0 Å². The lowest BCUT2D eigenvalue weighted by atomic mass is 10.2. The first kappa shape index (κ1) is 12.1. The minimum Gasteiger partial charge on any atom is -0.508 e. The number of carbonyl (C=O) groups excluding carboxylic acids is 1. The van der Waals surface area contributed by atoms with Crippen molar-refractivity contribution in [1.29, 1.82) is 0 Å².